The molecule has 9 nitrogen and oxygen atoms in total. The average molecular weight is 608 g/mol. The molecule has 4 N–H and O–H groups in total. The third-order valence-electron chi connectivity index (χ3n) is 7.19. The van der Waals surface area contributed by atoms with Gasteiger partial charge in [0.15, 0.2) is 6.29 Å². The van der Waals surface area contributed by atoms with Crippen molar-refractivity contribution in [3.05, 3.63) is 101 Å². The molecular formula is C33H37NO8S. The highest BCUT2D eigenvalue weighted by Crippen LogP contribution is 2.39. The van der Waals surface area contributed by atoms with Crippen LogP contribution in [0.5, 0.6) is 0 Å². The van der Waals surface area contributed by atoms with E-state index in [-0.39, 0.29) is 36.7 Å². The van der Waals surface area contributed by atoms with Gasteiger partial charge in [-0.1, -0.05) is 55.0 Å². The van der Waals surface area contributed by atoms with Gasteiger partial charge in [-0.3, -0.25) is 9.59 Å². The van der Waals surface area contributed by atoms with Crippen LogP contribution in [-0.4, -0.2) is 45.0 Å². The topological polar surface area (TPSA) is 142 Å². The van der Waals surface area contributed by atoms with Crippen LogP contribution in [0.15, 0.2) is 77.7 Å². The van der Waals surface area contributed by atoms with Crippen molar-refractivity contribution in [3.8, 4) is 0 Å². The second-order valence-corrected chi connectivity index (χ2v) is 11.6. The number of aromatic carboxylic acids is 1. The lowest BCUT2D eigenvalue weighted by atomic mass is 10.0. The second kappa shape index (κ2) is 16.2. The molecule has 10 heteroatoms. The number of ether oxygens (including phenoxy) is 2. The quantitative estimate of drug-likeness (QED) is 0.123. The Balaban J connectivity index is 1.36. The van der Waals surface area contributed by atoms with E-state index >= 15 is 0 Å². The fourth-order valence-corrected chi connectivity index (χ4v) is 5.65. The smallest absolute Gasteiger partial charge is 0.335 e. The maximum atomic E-state index is 12.2. The highest BCUT2D eigenvalue weighted by Gasteiger charge is 2.32. The van der Waals surface area contributed by atoms with E-state index in [2.05, 4.69) is 5.32 Å². The molecule has 0 unspecified atom stereocenters. The summed E-state index contributed by atoms with van der Waals surface area (Å²) in [5, 5.41) is 30.2. The molecule has 3 aromatic rings. The van der Waals surface area contributed by atoms with E-state index in [0.29, 0.717) is 44.4 Å². The Morgan fingerprint density at radius 3 is 2.09 bits per heavy atom. The number of carboxylic acids is 2. The van der Waals surface area contributed by atoms with Gasteiger partial charge in [-0.15, -0.1) is 11.8 Å². The summed E-state index contributed by atoms with van der Waals surface area (Å²) >= 11 is 1.60. The molecule has 0 bridgehead atoms. The van der Waals surface area contributed by atoms with Crippen LogP contribution >= 0.6 is 11.8 Å². The molecule has 0 aliphatic carbocycles. The predicted octanol–water partition coefficient (Wildman–Crippen LogP) is 5.87. The summed E-state index contributed by atoms with van der Waals surface area (Å²) in [6, 6.07) is 22.2. The van der Waals surface area contributed by atoms with Crippen molar-refractivity contribution in [2.24, 2.45) is 0 Å². The minimum absolute atomic E-state index is 0.0307. The van der Waals surface area contributed by atoms with Crippen molar-refractivity contribution in [1.29, 1.82) is 0 Å². The molecule has 1 aliphatic rings. The highest BCUT2D eigenvalue weighted by atomic mass is 32.2. The Kier molecular flexibility index (Phi) is 12.2. The van der Waals surface area contributed by atoms with Crippen LogP contribution in [0.25, 0.3) is 0 Å². The Morgan fingerprint density at radius 1 is 0.791 bits per heavy atom. The molecular weight excluding hydrogens is 570 g/mol. The number of carboxylic acid groups (broad SMARTS) is 2. The van der Waals surface area contributed by atoms with Gasteiger partial charge in [-0.05, 0) is 53.8 Å². The molecule has 1 fully saturated rings. The average Bonchev–Trinajstić information content (AvgIpc) is 3.03. The molecule has 228 valence electrons. The Bertz CT molecular complexity index is 1340. The van der Waals surface area contributed by atoms with Crippen molar-refractivity contribution >= 4 is 29.6 Å². The lowest BCUT2D eigenvalue weighted by Gasteiger charge is -2.36. The van der Waals surface area contributed by atoms with Gasteiger partial charge >= 0.3 is 11.9 Å². The maximum absolute atomic E-state index is 12.2. The molecule has 1 saturated heterocycles. The monoisotopic (exact) mass is 607 g/mol. The van der Waals surface area contributed by atoms with Gasteiger partial charge in [0.2, 0.25) is 5.91 Å². The summed E-state index contributed by atoms with van der Waals surface area (Å²) in [5.41, 5.74) is 3.85. The number of aliphatic carboxylic acids is 1. The first kappa shape index (κ1) is 32.2. The first-order valence-electron chi connectivity index (χ1n) is 14.3. The van der Waals surface area contributed by atoms with Crippen LogP contribution in [0.2, 0.25) is 0 Å². The second-order valence-electron chi connectivity index (χ2n) is 10.5. The minimum atomic E-state index is -0.958. The largest absolute Gasteiger partial charge is 0.481 e. The van der Waals surface area contributed by atoms with E-state index in [4.69, 9.17) is 19.7 Å². The van der Waals surface area contributed by atoms with Crippen LogP contribution in [0.1, 0.15) is 83.5 Å². The third-order valence-corrected chi connectivity index (χ3v) is 8.33. The van der Waals surface area contributed by atoms with Gasteiger partial charge in [0.1, 0.15) is 0 Å². The summed E-state index contributed by atoms with van der Waals surface area (Å²) in [4.78, 5) is 34.9. The van der Waals surface area contributed by atoms with Crippen LogP contribution < -0.4 is 5.32 Å². The van der Waals surface area contributed by atoms with Crippen LogP contribution in [0, 0.1) is 0 Å². The first-order chi connectivity index (χ1) is 20.8. The van der Waals surface area contributed by atoms with Crippen LogP contribution in [0.4, 0.5) is 0 Å². The number of rotatable bonds is 15. The molecule has 0 saturated carbocycles. The van der Waals surface area contributed by atoms with E-state index < -0.39 is 18.2 Å². The van der Waals surface area contributed by atoms with E-state index in [1.54, 1.807) is 36.0 Å². The fourth-order valence-electron chi connectivity index (χ4n) is 4.73. The number of nitrogens with one attached hydrogen (secondary N) is 1. The van der Waals surface area contributed by atoms with Gasteiger partial charge < -0.3 is 30.1 Å². The molecule has 1 aliphatic heterocycles. The number of benzene rings is 3. The number of aliphatic hydroxyl groups excluding tert-OH is 1. The maximum Gasteiger partial charge on any atom is 0.335 e. The third kappa shape index (κ3) is 10.2. The molecule has 4 rings (SSSR count). The number of carbonyl (C=O) groups is 3. The SMILES string of the molecule is O=C(O)CCCCCC(=O)NCc1ccc([C@H]2O[C@@H](CSc3ccc(C(=O)O)cc3)C[C@@H](c3ccc(CO)cc3)O2)cc1. The van der Waals surface area contributed by atoms with Gasteiger partial charge in [0.05, 0.1) is 24.4 Å². The number of hydrogen-bond acceptors (Lipinski definition) is 7. The number of unbranched alkanes of at least 4 members (excludes halogenated alkanes) is 2. The number of thioether (sulfide) groups is 1. The summed E-state index contributed by atoms with van der Waals surface area (Å²) in [6.45, 7) is 0.359. The van der Waals surface area contributed by atoms with Crippen molar-refractivity contribution in [1.82, 2.24) is 5.32 Å². The zero-order valence-corrected chi connectivity index (χ0v) is 24.6. The zero-order valence-electron chi connectivity index (χ0n) is 23.8. The molecule has 1 heterocycles. The van der Waals surface area contributed by atoms with E-state index in [1.807, 2.05) is 48.5 Å². The van der Waals surface area contributed by atoms with Crippen molar-refractivity contribution < 1.29 is 39.2 Å². The summed E-state index contributed by atoms with van der Waals surface area (Å²) in [5.74, 6) is -1.19. The molecule has 3 atom stereocenters. The fraction of sp³-hybridized carbons (Fsp3) is 0.364. The minimum Gasteiger partial charge on any atom is -0.481 e. The molecule has 3 aromatic carbocycles. The summed E-state index contributed by atoms with van der Waals surface area (Å²) < 4.78 is 12.8. The Morgan fingerprint density at radius 2 is 1.44 bits per heavy atom. The normalized spacial score (nSPS) is 18.2. The van der Waals surface area contributed by atoms with Crippen LogP contribution in [0.3, 0.4) is 0 Å². The number of hydrogen-bond donors (Lipinski definition) is 4. The van der Waals surface area contributed by atoms with E-state index in [9.17, 15) is 19.5 Å². The van der Waals surface area contributed by atoms with Crippen molar-refractivity contribution in [2.75, 3.05) is 5.75 Å². The van der Waals surface area contributed by atoms with E-state index in [0.717, 1.165) is 27.1 Å². The lowest BCUT2D eigenvalue weighted by molar-refractivity contribution is -0.245. The summed E-state index contributed by atoms with van der Waals surface area (Å²) in [6.07, 6.45) is 2.10. The summed E-state index contributed by atoms with van der Waals surface area (Å²) in [7, 11) is 0. The zero-order chi connectivity index (χ0) is 30.6. The molecule has 1 amide bonds. The van der Waals surface area contributed by atoms with Gasteiger partial charge in [0.25, 0.3) is 0 Å². The molecule has 0 spiro atoms. The number of amides is 1. The number of carbonyl (C=O) groups excluding carboxylic acids is 1. The molecule has 0 aromatic heterocycles. The molecule has 43 heavy (non-hydrogen) atoms. The van der Waals surface area contributed by atoms with Gasteiger partial charge in [-0.2, -0.15) is 0 Å². The Hall–Kier alpha value is -3.70. The first-order valence-corrected chi connectivity index (χ1v) is 15.3. The van der Waals surface area contributed by atoms with Gasteiger partial charge in [0, 0.05) is 42.0 Å². The van der Waals surface area contributed by atoms with Crippen molar-refractivity contribution in [3.63, 3.8) is 0 Å². The Labute approximate surface area is 255 Å². The van der Waals surface area contributed by atoms with Crippen LogP contribution in [-0.2, 0) is 32.2 Å². The van der Waals surface area contributed by atoms with Crippen molar-refractivity contribution in [2.45, 2.75) is 75.1 Å². The lowest BCUT2D eigenvalue weighted by Crippen LogP contribution is -2.31. The van der Waals surface area contributed by atoms with Gasteiger partial charge in [-0.25, -0.2) is 4.79 Å². The standard InChI is InChI=1S/C33H37NO8S/c35-20-23-8-10-24(11-9-23)29-18-27(21-43-28-16-14-25(15-17-28)32(39)40)41-33(42-29)26-12-6-22(7-13-26)19-34-30(36)4-2-1-3-5-31(37)38/h6-17,27,29,33,35H,1-5,18-21H2,(H,34,36)(H,37,38)(H,39,40)/t27-,29+,33+/m1/s1. The molecule has 0 radical (unpaired) electrons. The number of aliphatic hydroxyl groups is 1. The highest BCUT2D eigenvalue weighted by molar-refractivity contribution is 7.99. The van der Waals surface area contributed by atoms with E-state index in [1.165, 1.54) is 0 Å². The predicted molar refractivity (Wildman–Crippen MR) is 162 cm³/mol.